The Morgan fingerprint density at radius 1 is 1.21 bits per heavy atom. The number of benzene rings is 2. The summed E-state index contributed by atoms with van der Waals surface area (Å²) in [4.78, 5) is 38.2. The van der Waals surface area contributed by atoms with Crippen molar-refractivity contribution in [3.8, 4) is 11.3 Å². The standard InChI is InChI=1S/C20H15N3O5S/c1-28-19(25)14-8-5-13(6-9-14)7-10-18(24)22-20-21-17(12-29-20)15-3-2-4-16(11-15)23(26)27/h2-12H,1H3,(H,21,22,24)/b10-7+. The highest BCUT2D eigenvalue weighted by Gasteiger charge is 2.11. The lowest BCUT2D eigenvalue weighted by Crippen LogP contribution is -2.07. The molecule has 29 heavy (non-hydrogen) atoms. The Morgan fingerprint density at radius 3 is 2.66 bits per heavy atom. The molecule has 0 fully saturated rings. The molecule has 1 aromatic heterocycles. The van der Waals surface area contributed by atoms with Crippen molar-refractivity contribution in [2.45, 2.75) is 0 Å². The summed E-state index contributed by atoms with van der Waals surface area (Å²) in [7, 11) is 1.31. The Balaban J connectivity index is 1.64. The number of thiazole rings is 1. The Kier molecular flexibility index (Phi) is 6.10. The number of esters is 1. The van der Waals surface area contributed by atoms with E-state index in [2.05, 4.69) is 15.0 Å². The van der Waals surface area contributed by atoms with E-state index in [1.54, 1.807) is 47.9 Å². The van der Waals surface area contributed by atoms with Crippen LogP contribution >= 0.6 is 11.3 Å². The van der Waals surface area contributed by atoms with Crippen molar-refractivity contribution < 1.29 is 19.2 Å². The second-order valence-electron chi connectivity index (χ2n) is 5.78. The largest absolute Gasteiger partial charge is 0.465 e. The number of nitro benzene ring substituents is 1. The fraction of sp³-hybridized carbons (Fsp3) is 0.0500. The Morgan fingerprint density at radius 2 is 1.97 bits per heavy atom. The quantitative estimate of drug-likeness (QED) is 0.283. The molecule has 0 saturated carbocycles. The molecule has 9 heteroatoms. The summed E-state index contributed by atoms with van der Waals surface area (Å²) < 4.78 is 4.63. The van der Waals surface area contributed by atoms with Crippen molar-refractivity contribution in [3.63, 3.8) is 0 Å². The molecule has 0 saturated heterocycles. The number of ether oxygens (including phenoxy) is 1. The molecular weight excluding hydrogens is 394 g/mol. The predicted octanol–water partition coefficient (Wildman–Crippen LogP) is 4.16. The van der Waals surface area contributed by atoms with Gasteiger partial charge in [-0.3, -0.25) is 20.2 Å². The summed E-state index contributed by atoms with van der Waals surface area (Å²) >= 11 is 1.22. The lowest BCUT2D eigenvalue weighted by Gasteiger charge is -2.00. The molecule has 1 N–H and O–H groups in total. The van der Waals surface area contributed by atoms with Crippen LogP contribution in [0.5, 0.6) is 0 Å². The van der Waals surface area contributed by atoms with E-state index in [-0.39, 0.29) is 11.6 Å². The number of non-ortho nitro benzene ring substituents is 1. The average Bonchev–Trinajstić information content (AvgIpc) is 3.20. The zero-order valence-corrected chi connectivity index (χ0v) is 16.0. The predicted molar refractivity (Wildman–Crippen MR) is 110 cm³/mol. The first-order chi connectivity index (χ1) is 14.0. The van der Waals surface area contributed by atoms with E-state index in [9.17, 15) is 19.7 Å². The average molecular weight is 409 g/mol. The van der Waals surface area contributed by atoms with Crippen LogP contribution in [0, 0.1) is 10.1 Å². The third-order valence-electron chi connectivity index (χ3n) is 3.85. The van der Waals surface area contributed by atoms with Crippen LogP contribution in [0.25, 0.3) is 17.3 Å². The van der Waals surface area contributed by atoms with E-state index in [1.165, 1.54) is 36.7 Å². The molecule has 1 heterocycles. The summed E-state index contributed by atoms with van der Waals surface area (Å²) in [5.74, 6) is -0.802. The normalized spacial score (nSPS) is 10.7. The maximum Gasteiger partial charge on any atom is 0.337 e. The number of nitrogens with zero attached hydrogens (tertiary/aromatic N) is 2. The summed E-state index contributed by atoms with van der Waals surface area (Å²) in [5.41, 5.74) is 2.27. The minimum absolute atomic E-state index is 0.0257. The zero-order chi connectivity index (χ0) is 20.8. The number of rotatable bonds is 6. The molecule has 0 spiro atoms. The number of aromatic nitrogens is 1. The Labute approximate surface area is 169 Å². The van der Waals surface area contributed by atoms with E-state index in [0.29, 0.717) is 22.0 Å². The molecule has 146 valence electrons. The van der Waals surface area contributed by atoms with Crippen LogP contribution in [-0.2, 0) is 9.53 Å². The van der Waals surface area contributed by atoms with E-state index in [1.807, 2.05) is 0 Å². The van der Waals surface area contributed by atoms with Gasteiger partial charge in [-0.1, -0.05) is 24.3 Å². The number of amides is 1. The highest BCUT2D eigenvalue weighted by molar-refractivity contribution is 7.14. The lowest BCUT2D eigenvalue weighted by molar-refractivity contribution is -0.384. The Hall–Kier alpha value is -3.85. The van der Waals surface area contributed by atoms with Gasteiger partial charge in [-0.2, -0.15) is 0 Å². The minimum Gasteiger partial charge on any atom is -0.465 e. The van der Waals surface area contributed by atoms with Crippen LogP contribution in [0.4, 0.5) is 10.8 Å². The zero-order valence-electron chi connectivity index (χ0n) is 15.2. The maximum absolute atomic E-state index is 12.1. The van der Waals surface area contributed by atoms with Gasteiger partial charge < -0.3 is 4.74 Å². The van der Waals surface area contributed by atoms with Crippen LogP contribution in [0.1, 0.15) is 15.9 Å². The van der Waals surface area contributed by atoms with Gasteiger partial charge in [0.25, 0.3) is 5.69 Å². The third kappa shape index (κ3) is 5.11. The molecule has 1 amide bonds. The van der Waals surface area contributed by atoms with E-state index in [0.717, 1.165) is 5.56 Å². The van der Waals surface area contributed by atoms with Crippen molar-refractivity contribution in [3.05, 3.63) is 81.2 Å². The molecule has 3 aromatic rings. The fourth-order valence-electron chi connectivity index (χ4n) is 2.41. The van der Waals surface area contributed by atoms with Gasteiger partial charge in [-0.05, 0) is 23.8 Å². The van der Waals surface area contributed by atoms with Crippen molar-refractivity contribution >= 4 is 40.1 Å². The first-order valence-electron chi connectivity index (χ1n) is 8.34. The van der Waals surface area contributed by atoms with Gasteiger partial charge in [0.05, 0.1) is 23.3 Å². The second kappa shape index (κ2) is 8.89. The molecule has 0 unspecified atom stereocenters. The van der Waals surface area contributed by atoms with Crippen molar-refractivity contribution in [2.75, 3.05) is 12.4 Å². The molecular formula is C20H15N3O5S. The highest BCUT2D eigenvalue weighted by Crippen LogP contribution is 2.27. The van der Waals surface area contributed by atoms with Gasteiger partial charge >= 0.3 is 5.97 Å². The number of carbonyl (C=O) groups excluding carboxylic acids is 2. The van der Waals surface area contributed by atoms with Crippen LogP contribution in [0.3, 0.4) is 0 Å². The third-order valence-corrected chi connectivity index (χ3v) is 4.60. The molecule has 0 bridgehead atoms. The maximum atomic E-state index is 12.1. The molecule has 0 radical (unpaired) electrons. The van der Waals surface area contributed by atoms with Gasteiger partial charge in [-0.25, -0.2) is 9.78 Å². The molecule has 0 aliphatic rings. The number of nitrogens with one attached hydrogen (secondary N) is 1. The van der Waals surface area contributed by atoms with E-state index >= 15 is 0 Å². The summed E-state index contributed by atoms with van der Waals surface area (Å²) in [6, 6.07) is 12.7. The highest BCUT2D eigenvalue weighted by atomic mass is 32.1. The Bertz CT molecular complexity index is 1090. The number of anilines is 1. The summed E-state index contributed by atoms with van der Waals surface area (Å²) in [6.07, 6.45) is 2.95. The minimum atomic E-state index is -0.471. The first kappa shape index (κ1) is 19.9. The smallest absolute Gasteiger partial charge is 0.337 e. The number of hydrogen-bond donors (Lipinski definition) is 1. The van der Waals surface area contributed by atoms with E-state index in [4.69, 9.17) is 0 Å². The summed E-state index contributed by atoms with van der Waals surface area (Å²) in [5, 5.41) is 15.6. The van der Waals surface area contributed by atoms with Crippen LogP contribution in [0.15, 0.2) is 60.0 Å². The van der Waals surface area contributed by atoms with Crippen molar-refractivity contribution in [2.24, 2.45) is 0 Å². The molecule has 8 nitrogen and oxygen atoms in total. The van der Waals surface area contributed by atoms with Gasteiger partial charge in [-0.15, -0.1) is 11.3 Å². The number of methoxy groups -OCH3 is 1. The molecule has 2 aromatic carbocycles. The first-order valence-corrected chi connectivity index (χ1v) is 9.22. The monoisotopic (exact) mass is 409 g/mol. The van der Waals surface area contributed by atoms with Crippen molar-refractivity contribution in [1.29, 1.82) is 0 Å². The van der Waals surface area contributed by atoms with E-state index < -0.39 is 10.9 Å². The molecule has 0 atom stereocenters. The van der Waals surface area contributed by atoms with Gasteiger partial charge in [0.15, 0.2) is 5.13 Å². The fourth-order valence-corrected chi connectivity index (χ4v) is 3.13. The molecule has 0 aliphatic carbocycles. The molecule has 3 rings (SSSR count). The van der Waals surface area contributed by atoms with Gasteiger partial charge in [0.1, 0.15) is 0 Å². The number of hydrogen-bond acceptors (Lipinski definition) is 7. The number of carbonyl (C=O) groups is 2. The summed E-state index contributed by atoms with van der Waals surface area (Å²) in [6.45, 7) is 0. The molecule has 0 aliphatic heterocycles. The topological polar surface area (TPSA) is 111 Å². The van der Waals surface area contributed by atoms with Gasteiger partial charge in [0.2, 0.25) is 5.91 Å². The van der Waals surface area contributed by atoms with Gasteiger partial charge in [0, 0.05) is 29.2 Å². The second-order valence-corrected chi connectivity index (χ2v) is 6.64. The van der Waals surface area contributed by atoms with Crippen molar-refractivity contribution in [1.82, 2.24) is 4.98 Å². The van der Waals surface area contributed by atoms with Crippen LogP contribution < -0.4 is 5.32 Å². The van der Waals surface area contributed by atoms with Crippen LogP contribution in [-0.4, -0.2) is 28.9 Å². The SMILES string of the molecule is COC(=O)c1ccc(/C=C/C(=O)Nc2nc(-c3cccc([N+](=O)[O-])c3)cs2)cc1. The lowest BCUT2D eigenvalue weighted by atomic mass is 10.1. The number of nitro groups is 1. The van der Waals surface area contributed by atoms with Crippen LogP contribution in [0.2, 0.25) is 0 Å².